The summed E-state index contributed by atoms with van der Waals surface area (Å²) >= 11 is 12.6. The van der Waals surface area contributed by atoms with E-state index in [1.54, 1.807) is 31.2 Å². The van der Waals surface area contributed by atoms with E-state index >= 15 is 0 Å². The minimum absolute atomic E-state index is 0.143. The number of Topliss-reactive ketones (excluding diaryl/α,β-unsaturated/α-hetero) is 1. The van der Waals surface area contributed by atoms with Crippen LogP contribution in [0.3, 0.4) is 0 Å². The third-order valence-corrected chi connectivity index (χ3v) is 5.02. The van der Waals surface area contributed by atoms with Crippen molar-refractivity contribution in [3.63, 3.8) is 0 Å². The molecule has 0 saturated heterocycles. The fraction of sp³-hybridized carbons (Fsp3) is 0.364. The van der Waals surface area contributed by atoms with Gasteiger partial charge in [0.1, 0.15) is 39.4 Å². The van der Waals surface area contributed by atoms with Crippen LogP contribution in [-0.4, -0.2) is 45.2 Å². The third kappa shape index (κ3) is 6.49. The molecule has 0 radical (unpaired) electrons. The maximum atomic E-state index is 13.1. The van der Waals surface area contributed by atoms with Gasteiger partial charge in [-0.3, -0.25) is 9.59 Å². The van der Waals surface area contributed by atoms with E-state index in [2.05, 4.69) is 10.2 Å². The van der Waals surface area contributed by atoms with E-state index in [1.165, 1.54) is 27.2 Å². The average Bonchev–Trinajstić information content (AvgIpc) is 2.80. The number of ether oxygens (including phenoxy) is 4. The lowest BCUT2D eigenvalue weighted by Gasteiger charge is -2.20. The van der Waals surface area contributed by atoms with E-state index in [0.29, 0.717) is 36.2 Å². The van der Waals surface area contributed by atoms with E-state index in [9.17, 15) is 9.59 Å². The second kappa shape index (κ2) is 12.3. The molecule has 0 aromatic heterocycles. The van der Waals surface area contributed by atoms with E-state index in [0.717, 1.165) is 4.42 Å². The van der Waals surface area contributed by atoms with Gasteiger partial charge in [0.15, 0.2) is 5.78 Å². The third-order valence-electron chi connectivity index (χ3n) is 4.30. The van der Waals surface area contributed by atoms with Crippen molar-refractivity contribution in [3.8, 4) is 23.0 Å². The molecule has 0 heterocycles. The highest BCUT2D eigenvalue weighted by Gasteiger charge is 2.30. The van der Waals surface area contributed by atoms with E-state index in [4.69, 9.17) is 42.3 Å². The molecule has 2 aromatic carbocycles. The number of benzene rings is 2. The fourth-order valence-electron chi connectivity index (χ4n) is 2.73. The molecule has 0 saturated carbocycles. The second-order valence-electron chi connectivity index (χ2n) is 6.51. The predicted octanol–water partition coefficient (Wildman–Crippen LogP) is 5.38. The van der Waals surface area contributed by atoms with Gasteiger partial charge < -0.3 is 18.9 Å². The quantitative estimate of drug-likeness (QED) is 0.234. The summed E-state index contributed by atoms with van der Waals surface area (Å²) in [7, 11) is 2.89. The Bertz CT molecular complexity index is 1030. The lowest BCUT2D eigenvalue weighted by molar-refractivity contribution is -0.126. The summed E-state index contributed by atoms with van der Waals surface area (Å²) in [6.45, 7) is 5.63. The van der Waals surface area contributed by atoms with Gasteiger partial charge in [-0.15, -0.1) is 0 Å². The number of ketones is 1. The van der Waals surface area contributed by atoms with Gasteiger partial charge in [-0.05, 0) is 32.9 Å². The smallest absolute Gasteiger partial charge is 0.276 e. The van der Waals surface area contributed by atoms with Crippen molar-refractivity contribution in [2.75, 3.05) is 31.9 Å². The second-order valence-corrected chi connectivity index (χ2v) is 7.22. The number of carbonyl (C=O) groups is 2. The topological polar surface area (TPSA) is 99.0 Å². The average molecular weight is 498 g/mol. The Morgan fingerprint density at radius 2 is 1.67 bits per heavy atom. The normalized spacial score (nSPS) is 11.7. The summed E-state index contributed by atoms with van der Waals surface area (Å²) < 4.78 is 22.2. The molecule has 0 bridgehead atoms. The first-order valence-electron chi connectivity index (χ1n) is 9.99. The maximum absolute atomic E-state index is 13.1. The number of rotatable bonds is 11. The fourth-order valence-corrected chi connectivity index (χ4v) is 3.19. The molecule has 0 spiro atoms. The Morgan fingerprint density at radius 3 is 2.24 bits per heavy atom. The molecule has 2 aromatic rings. The van der Waals surface area contributed by atoms with Crippen LogP contribution < -0.4 is 23.4 Å². The Labute approximate surface area is 202 Å². The van der Waals surface area contributed by atoms with Crippen LogP contribution in [0, 0.1) is 0 Å². The number of methoxy groups -OCH3 is 2. The van der Waals surface area contributed by atoms with Crippen LogP contribution in [0.1, 0.15) is 20.8 Å². The highest BCUT2D eigenvalue weighted by atomic mass is 35.5. The van der Waals surface area contributed by atoms with Gasteiger partial charge >= 0.3 is 0 Å². The van der Waals surface area contributed by atoms with Crippen molar-refractivity contribution in [2.45, 2.75) is 26.8 Å². The van der Waals surface area contributed by atoms with Crippen LogP contribution in [0.15, 0.2) is 40.6 Å². The molecule has 33 heavy (non-hydrogen) atoms. The summed E-state index contributed by atoms with van der Waals surface area (Å²) in [5, 5.41) is 8.05. The van der Waals surface area contributed by atoms with Crippen LogP contribution in [0.2, 0.25) is 5.02 Å². The van der Waals surface area contributed by atoms with Gasteiger partial charge in [-0.25, -0.2) is 4.42 Å². The van der Waals surface area contributed by atoms with Crippen LogP contribution in [0.25, 0.3) is 0 Å². The standard InChI is InChI=1S/C22H25Cl2N3O6/c1-6-32-14-8-9-17(18(11-14)33-7-2)27(24)22(29)21(13(3)28)26-25-16-10-15(30-4)12-19(31-5)20(16)23/h8-12,21H,6-7H2,1-5H3. The zero-order valence-corrected chi connectivity index (χ0v) is 20.4. The number of hydrogen-bond donors (Lipinski definition) is 0. The van der Waals surface area contributed by atoms with Crippen LogP contribution in [0.4, 0.5) is 11.4 Å². The lowest BCUT2D eigenvalue weighted by atomic mass is 10.2. The van der Waals surface area contributed by atoms with Gasteiger partial charge in [0.2, 0.25) is 6.04 Å². The number of anilines is 1. The molecule has 0 aliphatic heterocycles. The molecule has 1 unspecified atom stereocenters. The number of nitrogens with zero attached hydrogens (tertiary/aromatic N) is 3. The number of amides is 1. The van der Waals surface area contributed by atoms with Gasteiger partial charge in [0.05, 0.1) is 27.4 Å². The highest BCUT2D eigenvalue weighted by molar-refractivity contribution is 6.39. The first kappa shape index (κ1) is 26.2. The Morgan fingerprint density at radius 1 is 1.00 bits per heavy atom. The molecule has 11 heteroatoms. The van der Waals surface area contributed by atoms with Crippen molar-refractivity contribution in [2.24, 2.45) is 10.2 Å². The molecule has 0 N–H and O–H groups in total. The van der Waals surface area contributed by atoms with E-state index in [1.807, 2.05) is 6.92 Å². The molecule has 0 aliphatic carbocycles. The minimum Gasteiger partial charge on any atom is -0.497 e. The summed E-state index contributed by atoms with van der Waals surface area (Å²) in [5.74, 6) is 0.183. The molecule has 178 valence electrons. The van der Waals surface area contributed by atoms with Crippen molar-refractivity contribution in [1.82, 2.24) is 0 Å². The Balaban J connectivity index is 2.39. The summed E-state index contributed by atoms with van der Waals surface area (Å²) in [5.41, 5.74) is 0.388. The van der Waals surface area contributed by atoms with Crippen molar-refractivity contribution < 1.29 is 28.5 Å². The number of hydrogen-bond acceptors (Lipinski definition) is 8. The van der Waals surface area contributed by atoms with E-state index < -0.39 is 17.7 Å². The Hall–Kier alpha value is -3.04. The van der Waals surface area contributed by atoms with Crippen molar-refractivity contribution in [1.29, 1.82) is 0 Å². The van der Waals surface area contributed by atoms with Gasteiger partial charge in [-0.1, -0.05) is 11.6 Å². The predicted molar refractivity (Wildman–Crippen MR) is 126 cm³/mol. The van der Waals surface area contributed by atoms with Gasteiger partial charge in [-0.2, -0.15) is 10.2 Å². The molecule has 9 nitrogen and oxygen atoms in total. The van der Waals surface area contributed by atoms with Crippen LogP contribution in [-0.2, 0) is 9.59 Å². The van der Waals surface area contributed by atoms with Gasteiger partial charge in [0, 0.05) is 30.0 Å². The zero-order valence-electron chi connectivity index (χ0n) is 18.9. The molecule has 0 aliphatic rings. The number of azo groups is 1. The van der Waals surface area contributed by atoms with Crippen LogP contribution in [0.5, 0.6) is 23.0 Å². The summed E-state index contributed by atoms with van der Waals surface area (Å²) in [6, 6.07) is 6.34. The SMILES string of the molecule is CCOc1ccc(N(Cl)C(=O)C(N=Nc2cc(OC)cc(OC)c2Cl)C(C)=O)c(OCC)c1. The number of halogens is 2. The zero-order chi connectivity index (χ0) is 24.5. The van der Waals surface area contributed by atoms with Crippen LogP contribution >= 0.6 is 23.4 Å². The lowest BCUT2D eigenvalue weighted by Crippen LogP contribution is -2.36. The molecule has 1 amide bonds. The largest absolute Gasteiger partial charge is 0.497 e. The maximum Gasteiger partial charge on any atom is 0.276 e. The van der Waals surface area contributed by atoms with E-state index in [-0.39, 0.29) is 16.4 Å². The molecular formula is C22H25Cl2N3O6. The first-order chi connectivity index (χ1) is 15.8. The number of carbonyl (C=O) groups excluding carboxylic acids is 2. The summed E-state index contributed by atoms with van der Waals surface area (Å²) in [6.07, 6.45) is 0. The molecular weight excluding hydrogens is 473 g/mol. The van der Waals surface area contributed by atoms with Gasteiger partial charge in [0.25, 0.3) is 5.91 Å². The minimum atomic E-state index is -1.52. The Kier molecular flexibility index (Phi) is 9.74. The molecule has 2 rings (SSSR count). The summed E-state index contributed by atoms with van der Waals surface area (Å²) in [4.78, 5) is 25.3. The first-order valence-corrected chi connectivity index (χ1v) is 10.7. The molecule has 1 atom stereocenters. The molecule has 0 fully saturated rings. The van der Waals surface area contributed by atoms with Crippen molar-refractivity contribution >= 4 is 46.4 Å². The monoisotopic (exact) mass is 497 g/mol. The van der Waals surface area contributed by atoms with Crippen molar-refractivity contribution in [3.05, 3.63) is 35.4 Å². The highest BCUT2D eigenvalue weighted by Crippen LogP contribution is 2.39.